The SMILES string of the molecule is C=C1CCCCC1NCCC(C)S(=O)(=O)O. The summed E-state index contributed by atoms with van der Waals surface area (Å²) in [5, 5.41) is 2.60. The van der Waals surface area contributed by atoms with Gasteiger partial charge in [-0.25, -0.2) is 0 Å². The highest BCUT2D eigenvalue weighted by Gasteiger charge is 2.19. The van der Waals surface area contributed by atoms with Gasteiger partial charge in [-0.05, 0) is 39.2 Å². The molecule has 1 fully saturated rings. The zero-order chi connectivity index (χ0) is 12.2. The van der Waals surface area contributed by atoms with Crippen molar-refractivity contribution in [3.05, 3.63) is 12.2 Å². The molecule has 2 atom stereocenters. The summed E-state index contributed by atoms with van der Waals surface area (Å²) in [5.41, 5.74) is 1.21. The van der Waals surface area contributed by atoms with Crippen LogP contribution in [0.4, 0.5) is 0 Å². The van der Waals surface area contributed by atoms with E-state index in [-0.39, 0.29) is 0 Å². The Morgan fingerprint density at radius 2 is 2.25 bits per heavy atom. The summed E-state index contributed by atoms with van der Waals surface area (Å²) in [6, 6.07) is 0.322. The summed E-state index contributed by atoms with van der Waals surface area (Å²) in [7, 11) is -3.88. The van der Waals surface area contributed by atoms with E-state index >= 15 is 0 Å². The van der Waals surface area contributed by atoms with Crippen molar-refractivity contribution in [3.63, 3.8) is 0 Å². The van der Waals surface area contributed by atoms with Crippen LogP contribution in [-0.4, -0.2) is 30.8 Å². The Morgan fingerprint density at radius 1 is 1.56 bits per heavy atom. The van der Waals surface area contributed by atoms with Crippen LogP contribution in [0.15, 0.2) is 12.2 Å². The van der Waals surface area contributed by atoms with Crippen molar-refractivity contribution in [3.8, 4) is 0 Å². The molecule has 0 amide bonds. The van der Waals surface area contributed by atoms with E-state index in [2.05, 4.69) is 11.9 Å². The van der Waals surface area contributed by atoms with Crippen molar-refractivity contribution in [1.82, 2.24) is 5.32 Å². The molecule has 16 heavy (non-hydrogen) atoms. The van der Waals surface area contributed by atoms with Crippen LogP contribution in [0.1, 0.15) is 39.0 Å². The van der Waals surface area contributed by atoms with Crippen molar-refractivity contribution in [2.24, 2.45) is 0 Å². The molecule has 0 radical (unpaired) electrons. The van der Waals surface area contributed by atoms with Crippen LogP contribution >= 0.6 is 0 Å². The summed E-state index contributed by atoms with van der Waals surface area (Å²) in [5.74, 6) is 0. The number of rotatable bonds is 5. The summed E-state index contributed by atoms with van der Waals surface area (Å²) in [6.07, 6.45) is 4.98. The smallest absolute Gasteiger partial charge is 0.267 e. The van der Waals surface area contributed by atoms with E-state index in [9.17, 15) is 8.42 Å². The largest absolute Gasteiger partial charge is 0.310 e. The standard InChI is InChI=1S/C11H21NO3S/c1-9-5-3-4-6-11(9)12-8-7-10(2)16(13,14)15/h10-12H,1,3-8H2,2H3,(H,13,14,15). The second kappa shape index (κ2) is 5.80. The Kier molecular flexibility index (Phi) is 4.95. The van der Waals surface area contributed by atoms with Gasteiger partial charge in [0.1, 0.15) is 0 Å². The second-order valence-corrected chi connectivity index (χ2v) is 6.36. The first-order valence-electron chi connectivity index (χ1n) is 5.78. The van der Waals surface area contributed by atoms with E-state index in [4.69, 9.17) is 4.55 Å². The van der Waals surface area contributed by atoms with Gasteiger partial charge in [-0.1, -0.05) is 18.6 Å². The molecule has 4 nitrogen and oxygen atoms in total. The van der Waals surface area contributed by atoms with Gasteiger partial charge in [-0.15, -0.1) is 0 Å². The maximum atomic E-state index is 10.8. The highest BCUT2D eigenvalue weighted by molar-refractivity contribution is 7.86. The van der Waals surface area contributed by atoms with Crippen LogP contribution < -0.4 is 5.32 Å². The number of hydrogen-bond donors (Lipinski definition) is 2. The first-order valence-corrected chi connectivity index (χ1v) is 7.29. The first kappa shape index (κ1) is 13.7. The van der Waals surface area contributed by atoms with E-state index in [1.54, 1.807) is 0 Å². The van der Waals surface area contributed by atoms with Gasteiger partial charge in [0.25, 0.3) is 10.1 Å². The number of hydrogen-bond acceptors (Lipinski definition) is 3. The first-order chi connectivity index (χ1) is 7.41. The summed E-state index contributed by atoms with van der Waals surface area (Å²) in [4.78, 5) is 0. The minimum absolute atomic E-state index is 0.322. The topological polar surface area (TPSA) is 66.4 Å². The average molecular weight is 247 g/mol. The van der Waals surface area contributed by atoms with E-state index < -0.39 is 15.4 Å². The second-order valence-electron chi connectivity index (χ2n) is 4.53. The van der Waals surface area contributed by atoms with Crippen LogP contribution in [-0.2, 0) is 10.1 Å². The van der Waals surface area contributed by atoms with Gasteiger partial charge in [-0.2, -0.15) is 8.42 Å². The Hall–Kier alpha value is -0.390. The molecule has 94 valence electrons. The van der Waals surface area contributed by atoms with Crippen molar-refractivity contribution in [2.75, 3.05) is 6.54 Å². The van der Waals surface area contributed by atoms with E-state index in [0.29, 0.717) is 19.0 Å². The van der Waals surface area contributed by atoms with Crippen LogP contribution in [0.25, 0.3) is 0 Å². The molecule has 0 heterocycles. The Labute approximate surface area is 97.9 Å². The lowest BCUT2D eigenvalue weighted by Crippen LogP contribution is -2.35. The highest BCUT2D eigenvalue weighted by atomic mass is 32.2. The summed E-state index contributed by atoms with van der Waals surface area (Å²) < 4.78 is 30.4. The summed E-state index contributed by atoms with van der Waals surface area (Å²) in [6.45, 7) is 6.13. The van der Waals surface area contributed by atoms with Gasteiger partial charge in [0.05, 0.1) is 5.25 Å². The van der Waals surface area contributed by atoms with Crippen molar-refractivity contribution >= 4 is 10.1 Å². The highest BCUT2D eigenvalue weighted by Crippen LogP contribution is 2.21. The summed E-state index contributed by atoms with van der Waals surface area (Å²) >= 11 is 0. The number of nitrogens with one attached hydrogen (secondary N) is 1. The maximum absolute atomic E-state index is 10.8. The van der Waals surface area contributed by atoms with Crippen LogP contribution in [0, 0.1) is 0 Å². The molecule has 0 spiro atoms. The molecule has 0 bridgehead atoms. The quantitative estimate of drug-likeness (QED) is 0.573. The minimum atomic E-state index is -3.88. The van der Waals surface area contributed by atoms with Gasteiger partial charge >= 0.3 is 0 Å². The lowest BCUT2D eigenvalue weighted by atomic mass is 9.91. The van der Waals surface area contributed by atoms with Gasteiger partial charge in [0.15, 0.2) is 0 Å². The molecular weight excluding hydrogens is 226 g/mol. The molecule has 0 saturated heterocycles. The molecule has 1 aliphatic rings. The molecule has 0 aromatic carbocycles. The van der Waals surface area contributed by atoms with Crippen molar-refractivity contribution in [2.45, 2.75) is 50.3 Å². The average Bonchev–Trinajstić information content (AvgIpc) is 2.19. The van der Waals surface area contributed by atoms with Gasteiger partial charge < -0.3 is 5.32 Å². The third kappa shape index (κ3) is 4.23. The zero-order valence-corrected chi connectivity index (χ0v) is 10.6. The molecule has 0 aliphatic heterocycles. The molecule has 0 aromatic heterocycles. The fourth-order valence-corrected chi connectivity index (χ4v) is 2.35. The van der Waals surface area contributed by atoms with Crippen LogP contribution in [0.5, 0.6) is 0 Å². The van der Waals surface area contributed by atoms with Gasteiger partial charge in [0, 0.05) is 6.04 Å². The predicted octanol–water partition coefficient (Wildman–Crippen LogP) is 1.74. The fraction of sp³-hybridized carbons (Fsp3) is 0.818. The molecule has 0 aromatic rings. The molecule has 1 saturated carbocycles. The van der Waals surface area contributed by atoms with Crippen LogP contribution in [0.3, 0.4) is 0 Å². The lowest BCUT2D eigenvalue weighted by molar-refractivity contribution is 0.438. The Bertz CT molecular complexity index is 337. The Morgan fingerprint density at radius 3 is 2.81 bits per heavy atom. The third-order valence-electron chi connectivity index (χ3n) is 3.18. The molecule has 1 aliphatic carbocycles. The molecular formula is C11H21NO3S. The van der Waals surface area contributed by atoms with Crippen molar-refractivity contribution in [1.29, 1.82) is 0 Å². The van der Waals surface area contributed by atoms with Gasteiger partial charge in [-0.3, -0.25) is 4.55 Å². The molecule has 2 unspecified atom stereocenters. The zero-order valence-electron chi connectivity index (χ0n) is 9.78. The van der Waals surface area contributed by atoms with E-state index in [1.807, 2.05) is 0 Å². The van der Waals surface area contributed by atoms with Gasteiger partial charge in [0.2, 0.25) is 0 Å². The normalized spacial score (nSPS) is 24.4. The minimum Gasteiger partial charge on any atom is -0.310 e. The van der Waals surface area contributed by atoms with Crippen molar-refractivity contribution < 1.29 is 13.0 Å². The van der Waals surface area contributed by atoms with E-state index in [0.717, 1.165) is 12.8 Å². The molecule has 2 N–H and O–H groups in total. The fourth-order valence-electron chi connectivity index (χ4n) is 1.94. The Balaban J connectivity index is 2.27. The lowest BCUT2D eigenvalue weighted by Gasteiger charge is -2.26. The predicted molar refractivity (Wildman–Crippen MR) is 65.0 cm³/mol. The third-order valence-corrected chi connectivity index (χ3v) is 4.44. The molecule has 1 rings (SSSR count). The van der Waals surface area contributed by atoms with Crippen LogP contribution in [0.2, 0.25) is 0 Å². The maximum Gasteiger partial charge on any atom is 0.267 e. The molecule has 5 heteroatoms. The monoisotopic (exact) mass is 247 g/mol. The van der Waals surface area contributed by atoms with E-state index in [1.165, 1.54) is 25.3 Å².